The maximum absolute atomic E-state index is 10.00. The lowest BCUT2D eigenvalue weighted by atomic mass is 10.0. The van der Waals surface area contributed by atoms with Gasteiger partial charge in [-0.15, -0.1) is 0 Å². The molecule has 2 rings (SSSR count). The Kier molecular flexibility index (Phi) is 2.61. The van der Waals surface area contributed by atoms with Crippen molar-refractivity contribution < 1.29 is 9.52 Å². The molecule has 2 N–H and O–H groups in total. The van der Waals surface area contributed by atoms with Crippen LogP contribution in [0.5, 0.6) is 0 Å². The molecule has 1 aromatic heterocycles. The first-order chi connectivity index (χ1) is 6.68. The smallest absolute Gasteiger partial charge is 0.0947 e. The van der Waals surface area contributed by atoms with Crippen molar-refractivity contribution in [3.8, 4) is 0 Å². The molecule has 0 bridgehead atoms. The fourth-order valence-corrected chi connectivity index (χ4v) is 2.11. The van der Waals surface area contributed by atoms with Crippen LogP contribution in [-0.4, -0.2) is 16.7 Å². The third-order valence-electron chi connectivity index (χ3n) is 3.06. The molecule has 1 aromatic rings. The van der Waals surface area contributed by atoms with Gasteiger partial charge in [0, 0.05) is 18.2 Å². The lowest BCUT2D eigenvalue weighted by molar-refractivity contribution is 0.0387. The van der Waals surface area contributed by atoms with E-state index in [-0.39, 0.29) is 6.04 Å². The van der Waals surface area contributed by atoms with Crippen molar-refractivity contribution in [1.82, 2.24) is 5.32 Å². The minimum atomic E-state index is -0.538. The SMILES string of the molecule is CC1(O)CCCC1NCc1ccoc1. The van der Waals surface area contributed by atoms with Gasteiger partial charge in [0.1, 0.15) is 0 Å². The standard InChI is InChI=1S/C11H17NO2/c1-11(13)5-2-3-10(11)12-7-9-4-6-14-8-9/h4,6,8,10,12-13H,2-3,5,7H2,1H3. The van der Waals surface area contributed by atoms with Crippen molar-refractivity contribution in [2.45, 2.75) is 44.4 Å². The molecule has 1 aliphatic rings. The highest BCUT2D eigenvalue weighted by Crippen LogP contribution is 2.29. The number of rotatable bonds is 3. The maximum atomic E-state index is 10.00. The van der Waals surface area contributed by atoms with E-state index in [0.717, 1.165) is 31.4 Å². The predicted octanol–water partition coefficient (Wildman–Crippen LogP) is 1.67. The van der Waals surface area contributed by atoms with Gasteiger partial charge >= 0.3 is 0 Å². The topological polar surface area (TPSA) is 45.4 Å². The zero-order valence-corrected chi connectivity index (χ0v) is 8.49. The van der Waals surface area contributed by atoms with Crippen molar-refractivity contribution in [3.05, 3.63) is 24.2 Å². The van der Waals surface area contributed by atoms with Crippen molar-refractivity contribution in [3.63, 3.8) is 0 Å². The predicted molar refractivity (Wildman–Crippen MR) is 53.8 cm³/mol. The molecule has 2 unspecified atom stereocenters. The molecule has 0 radical (unpaired) electrons. The summed E-state index contributed by atoms with van der Waals surface area (Å²) in [5, 5.41) is 13.4. The van der Waals surface area contributed by atoms with Gasteiger partial charge in [0.05, 0.1) is 18.1 Å². The second-order valence-electron chi connectivity index (χ2n) is 4.31. The molecule has 0 saturated heterocycles. The Labute approximate surface area is 84.1 Å². The molecule has 3 nitrogen and oxygen atoms in total. The van der Waals surface area contributed by atoms with Crippen LogP contribution >= 0.6 is 0 Å². The monoisotopic (exact) mass is 195 g/mol. The summed E-state index contributed by atoms with van der Waals surface area (Å²) in [4.78, 5) is 0. The van der Waals surface area contributed by atoms with Crippen LogP contribution in [0.4, 0.5) is 0 Å². The quantitative estimate of drug-likeness (QED) is 0.771. The number of aliphatic hydroxyl groups is 1. The summed E-state index contributed by atoms with van der Waals surface area (Å²) in [5.74, 6) is 0. The van der Waals surface area contributed by atoms with Crippen LogP contribution in [-0.2, 0) is 6.54 Å². The summed E-state index contributed by atoms with van der Waals surface area (Å²) in [6.07, 6.45) is 6.47. The highest BCUT2D eigenvalue weighted by molar-refractivity contribution is 5.06. The van der Waals surface area contributed by atoms with Crippen molar-refractivity contribution >= 4 is 0 Å². The van der Waals surface area contributed by atoms with E-state index in [1.807, 2.05) is 13.0 Å². The Morgan fingerprint density at radius 2 is 2.57 bits per heavy atom. The average molecular weight is 195 g/mol. The molecule has 1 aliphatic carbocycles. The maximum Gasteiger partial charge on any atom is 0.0947 e. The van der Waals surface area contributed by atoms with E-state index in [1.165, 1.54) is 0 Å². The summed E-state index contributed by atoms with van der Waals surface area (Å²) in [7, 11) is 0. The fraction of sp³-hybridized carbons (Fsp3) is 0.636. The van der Waals surface area contributed by atoms with E-state index in [4.69, 9.17) is 4.42 Å². The molecule has 0 spiro atoms. The molecule has 0 aliphatic heterocycles. The van der Waals surface area contributed by atoms with Gasteiger partial charge in [0.15, 0.2) is 0 Å². The first-order valence-corrected chi connectivity index (χ1v) is 5.15. The van der Waals surface area contributed by atoms with Gasteiger partial charge in [-0.05, 0) is 32.3 Å². The normalized spacial score (nSPS) is 32.3. The minimum Gasteiger partial charge on any atom is -0.472 e. The highest BCUT2D eigenvalue weighted by Gasteiger charge is 2.36. The van der Waals surface area contributed by atoms with Crippen LogP contribution in [0.3, 0.4) is 0 Å². The van der Waals surface area contributed by atoms with E-state index in [1.54, 1.807) is 12.5 Å². The second-order valence-corrected chi connectivity index (χ2v) is 4.31. The summed E-state index contributed by atoms with van der Waals surface area (Å²) >= 11 is 0. The number of hydrogen-bond acceptors (Lipinski definition) is 3. The fourth-order valence-electron chi connectivity index (χ4n) is 2.11. The Bertz CT molecular complexity index is 279. The molecule has 0 aromatic carbocycles. The molecular weight excluding hydrogens is 178 g/mol. The van der Waals surface area contributed by atoms with E-state index in [0.29, 0.717) is 0 Å². The van der Waals surface area contributed by atoms with Gasteiger partial charge in [0.2, 0.25) is 0 Å². The van der Waals surface area contributed by atoms with Crippen LogP contribution in [0.15, 0.2) is 23.0 Å². The Balaban J connectivity index is 1.86. The van der Waals surface area contributed by atoms with Crippen LogP contribution in [0.2, 0.25) is 0 Å². The molecular formula is C11H17NO2. The Morgan fingerprint density at radius 3 is 3.14 bits per heavy atom. The Morgan fingerprint density at radius 1 is 1.71 bits per heavy atom. The summed E-state index contributed by atoms with van der Waals surface area (Å²) < 4.78 is 4.98. The van der Waals surface area contributed by atoms with Crippen LogP contribution < -0.4 is 5.32 Å². The molecule has 1 saturated carbocycles. The number of furan rings is 1. The van der Waals surface area contributed by atoms with Crippen molar-refractivity contribution in [1.29, 1.82) is 0 Å². The van der Waals surface area contributed by atoms with Crippen molar-refractivity contribution in [2.24, 2.45) is 0 Å². The lowest BCUT2D eigenvalue weighted by Crippen LogP contribution is -2.44. The van der Waals surface area contributed by atoms with Gasteiger partial charge in [-0.1, -0.05) is 0 Å². The number of hydrogen-bond donors (Lipinski definition) is 2. The summed E-state index contributed by atoms with van der Waals surface area (Å²) in [5.41, 5.74) is 0.594. The average Bonchev–Trinajstić information content (AvgIpc) is 2.71. The van der Waals surface area contributed by atoms with Gasteiger partial charge in [-0.2, -0.15) is 0 Å². The molecule has 2 atom stereocenters. The van der Waals surface area contributed by atoms with E-state index in [9.17, 15) is 5.11 Å². The third-order valence-corrected chi connectivity index (χ3v) is 3.06. The largest absolute Gasteiger partial charge is 0.472 e. The first kappa shape index (κ1) is 9.74. The van der Waals surface area contributed by atoms with Gasteiger partial charge < -0.3 is 14.8 Å². The molecule has 14 heavy (non-hydrogen) atoms. The van der Waals surface area contributed by atoms with Gasteiger partial charge in [-0.3, -0.25) is 0 Å². The zero-order chi connectivity index (χ0) is 10.0. The van der Waals surface area contributed by atoms with E-state index >= 15 is 0 Å². The third kappa shape index (κ3) is 1.99. The van der Waals surface area contributed by atoms with Crippen molar-refractivity contribution in [2.75, 3.05) is 0 Å². The zero-order valence-electron chi connectivity index (χ0n) is 8.49. The van der Waals surface area contributed by atoms with Crippen LogP contribution in [0, 0.1) is 0 Å². The number of nitrogens with one attached hydrogen (secondary N) is 1. The van der Waals surface area contributed by atoms with Crippen LogP contribution in [0.25, 0.3) is 0 Å². The van der Waals surface area contributed by atoms with E-state index in [2.05, 4.69) is 5.32 Å². The molecule has 78 valence electrons. The Hall–Kier alpha value is -0.800. The minimum absolute atomic E-state index is 0.220. The van der Waals surface area contributed by atoms with Gasteiger partial charge in [0.25, 0.3) is 0 Å². The van der Waals surface area contributed by atoms with E-state index < -0.39 is 5.60 Å². The second kappa shape index (κ2) is 3.75. The molecule has 0 amide bonds. The highest BCUT2D eigenvalue weighted by atomic mass is 16.3. The molecule has 3 heteroatoms. The van der Waals surface area contributed by atoms with Gasteiger partial charge in [-0.25, -0.2) is 0 Å². The van der Waals surface area contributed by atoms with Crippen LogP contribution in [0.1, 0.15) is 31.7 Å². The summed E-state index contributed by atoms with van der Waals surface area (Å²) in [6.45, 7) is 2.68. The molecule has 1 fully saturated rings. The lowest BCUT2D eigenvalue weighted by Gasteiger charge is -2.26. The first-order valence-electron chi connectivity index (χ1n) is 5.15. The molecule has 1 heterocycles. The summed E-state index contributed by atoms with van der Waals surface area (Å²) in [6, 6.07) is 2.16.